The smallest absolute Gasteiger partial charge is 0.276 e. The van der Waals surface area contributed by atoms with Crippen molar-refractivity contribution in [2.45, 2.75) is 44.6 Å². The van der Waals surface area contributed by atoms with E-state index in [9.17, 15) is 4.79 Å². The molecule has 4 heterocycles. The molecule has 3 atom stereocenters. The third kappa shape index (κ3) is 3.46. The highest BCUT2D eigenvalue weighted by Crippen LogP contribution is 2.35. The summed E-state index contributed by atoms with van der Waals surface area (Å²) in [6.07, 6.45) is 3.50. The molecule has 2 saturated heterocycles. The Morgan fingerprint density at radius 1 is 1.17 bits per heavy atom. The standard InChI is InChI=1S/C23H29N5O2/c1-15-13-27(16(2)17-6-4-3-5-7-17)14-19(15)21-25-23(29)20-12-24-22(28(20)26-21)18-8-10-30-11-9-18/h3-7,12,15-16,18-19H,8-11,13-14H2,1-2H3,(H,25,26,29)/t15?,16-,19?/m1/s1. The summed E-state index contributed by atoms with van der Waals surface area (Å²) < 4.78 is 7.28. The first-order chi connectivity index (χ1) is 14.6. The number of aromatic amines is 1. The molecule has 0 bridgehead atoms. The fraction of sp³-hybridized carbons (Fsp3) is 0.522. The van der Waals surface area contributed by atoms with Gasteiger partial charge >= 0.3 is 0 Å². The van der Waals surface area contributed by atoms with Crippen molar-refractivity contribution >= 4 is 5.52 Å². The van der Waals surface area contributed by atoms with Gasteiger partial charge in [-0.1, -0.05) is 37.3 Å². The Morgan fingerprint density at radius 2 is 1.93 bits per heavy atom. The van der Waals surface area contributed by atoms with Gasteiger partial charge in [-0.3, -0.25) is 9.69 Å². The third-order valence-electron chi connectivity index (χ3n) is 6.85. The molecule has 1 N–H and O–H groups in total. The Balaban J connectivity index is 1.45. The molecule has 2 unspecified atom stereocenters. The molecule has 1 aromatic carbocycles. The van der Waals surface area contributed by atoms with Gasteiger partial charge in [0, 0.05) is 44.2 Å². The van der Waals surface area contributed by atoms with E-state index in [1.54, 1.807) is 10.7 Å². The van der Waals surface area contributed by atoms with Crippen LogP contribution in [0.1, 0.15) is 61.8 Å². The molecule has 0 amide bonds. The molecule has 0 aliphatic carbocycles. The first-order valence-electron chi connectivity index (χ1n) is 11.0. The maximum atomic E-state index is 12.8. The lowest BCUT2D eigenvalue weighted by Gasteiger charge is -2.24. The first-order valence-corrected chi connectivity index (χ1v) is 11.0. The van der Waals surface area contributed by atoms with Crippen LogP contribution in [0.4, 0.5) is 0 Å². The lowest BCUT2D eigenvalue weighted by molar-refractivity contribution is 0.0832. The number of fused-ring (bicyclic) bond motifs is 1. The highest BCUT2D eigenvalue weighted by molar-refractivity contribution is 5.42. The van der Waals surface area contributed by atoms with Crippen molar-refractivity contribution < 1.29 is 4.74 Å². The lowest BCUT2D eigenvalue weighted by atomic mass is 9.97. The number of H-pyrrole nitrogens is 1. The minimum absolute atomic E-state index is 0.104. The van der Waals surface area contributed by atoms with Crippen LogP contribution in [-0.2, 0) is 4.74 Å². The maximum Gasteiger partial charge on any atom is 0.276 e. The van der Waals surface area contributed by atoms with Gasteiger partial charge in [0.1, 0.15) is 11.6 Å². The predicted octanol–water partition coefficient (Wildman–Crippen LogP) is 3.11. The average molecular weight is 408 g/mol. The molecule has 2 aromatic heterocycles. The summed E-state index contributed by atoms with van der Waals surface area (Å²) in [6.45, 7) is 7.85. The average Bonchev–Trinajstić information content (AvgIpc) is 3.38. The first kappa shape index (κ1) is 19.5. The van der Waals surface area contributed by atoms with Crippen molar-refractivity contribution in [3.63, 3.8) is 0 Å². The molecule has 3 aromatic rings. The number of rotatable bonds is 4. The molecule has 7 heteroatoms. The van der Waals surface area contributed by atoms with E-state index in [-0.39, 0.29) is 11.5 Å². The van der Waals surface area contributed by atoms with Crippen molar-refractivity contribution in [2.75, 3.05) is 26.3 Å². The maximum absolute atomic E-state index is 12.8. The molecule has 0 radical (unpaired) electrons. The number of hydrogen-bond donors (Lipinski definition) is 1. The minimum Gasteiger partial charge on any atom is -0.381 e. The van der Waals surface area contributed by atoms with E-state index in [2.05, 4.69) is 59.0 Å². The Bertz CT molecular complexity index is 1070. The van der Waals surface area contributed by atoms with E-state index in [0.29, 0.717) is 23.4 Å². The van der Waals surface area contributed by atoms with Crippen molar-refractivity contribution in [3.8, 4) is 0 Å². The number of ether oxygens (including phenoxy) is 1. The topological polar surface area (TPSA) is 75.5 Å². The zero-order valence-corrected chi connectivity index (χ0v) is 17.6. The Labute approximate surface area is 176 Å². The summed E-state index contributed by atoms with van der Waals surface area (Å²) in [6, 6.07) is 10.9. The fourth-order valence-corrected chi connectivity index (χ4v) is 4.95. The van der Waals surface area contributed by atoms with E-state index in [0.717, 1.165) is 50.8 Å². The van der Waals surface area contributed by atoms with Crippen LogP contribution in [0.3, 0.4) is 0 Å². The van der Waals surface area contributed by atoms with Crippen LogP contribution in [0.15, 0.2) is 41.3 Å². The zero-order valence-electron chi connectivity index (χ0n) is 17.6. The molecule has 5 rings (SSSR count). The third-order valence-corrected chi connectivity index (χ3v) is 6.85. The van der Waals surface area contributed by atoms with Crippen LogP contribution in [-0.4, -0.2) is 50.8 Å². The highest BCUT2D eigenvalue weighted by Gasteiger charge is 2.35. The molecule has 30 heavy (non-hydrogen) atoms. The van der Waals surface area contributed by atoms with E-state index >= 15 is 0 Å². The van der Waals surface area contributed by atoms with Crippen LogP contribution in [0.5, 0.6) is 0 Å². The Morgan fingerprint density at radius 3 is 2.70 bits per heavy atom. The van der Waals surface area contributed by atoms with Gasteiger partial charge in [-0.15, -0.1) is 0 Å². The van der Waals surface area contributed by atoms with E-state index in [1.807, 2.05) is 0 Å². The van der Waals surface area contributed by atoms with Crippen molar-refractivity contribution in [3.05, 3.63) is 64.1 Å². The normalized spacial score (nSPS) is 24.5. The molecule has 158 valence electrons. The zero-order chi connectivity index (χ0) is 20.7. The molecule has 0 spiro atoms. The van der Waals surface area contributed by atoms with E-state index in [4.69, 9.17) is 9.84 Å². The van der Waals surface area contributed by atoms with Crippen LogP contribution in [0, 0.1) is 5.92 Å². The number of likely N-dealkylation sites (tertiary alicyclic amines) is 1. The second-order valence-electron chi connectivity index (χ2n) is 8.76. The van der Waals surface area contributed by atoms with Crippen LogP contribution in [0.2, 0.25) is 0 Å². The van der Waals surface area contributed by atoms with Crippen molar-refractivity contribution in [1.82, 2.24) is 24.5 Å². The number of imidazole rings is 1. The predicted molar refractivity (Wildman–Crippen MR) is 115 cm³/mol. The molecule has 2 aliphatic rings. The summed E-state index contributed by atoms with van der Waals surface area (Å²) in [4.78, 5) is 22.9. The SMILES string of the molecule is CC1CN([C@H](C)c2ccccc2)CC1c1nn2c(C3CCOCC3)ncc2c(=O)[nH]1. The van der Waals surface area contributed by atoms with E-state index in [1.165, 1.54) is 5.56 Å². The van der Waals surface area contributed by atoms with Gasteiger partial charge in [-0.2, -0.15) is 5.10 Å². The lowest BCUT2D eigenvalue weighted by Crippen LogP contribution is -2.26. The van der Waals surface area contributed by atoms with Crippen molar-refractivity contribution in [1.29, 1.82) is 0 Å². The molecule has 0 saturated carbocycles. The molecular weight excluding hydrogens is 378 g/mol. The van der Waals surface area contributed by atoms with E-state index < -0.39 is 0 Å². The second kappa shape index (κ2) is 7.96. The summed E-state index contributed by atoms with van der Waals surface area (Å²) in [5, 5.41) is 4.90. The second-order valence-corrected chi connectivity index (χ2v) is 8.76. The minimum atomic E-state index is -0.104. The number of nitrogens with zero attached hydrogens (tertiary/aromatic N) is 4. The quantitative estimate of drug-likeness (QED) is 0.719. The largest absolute Gasteiger partial charge is 0.381 e. The highest BCUT2D eigenvalue weighted by atomic mass is 16.5. The molecule has 7 nitrogen and oxygen atoms in total. The molecule has 2 fully saturated rings. The number of aromatic nitrogens is 4. The number of benzene rings is 1. The molecular formula is C23H29N5O2. The van der Waals surface area contributed by atoms with Gasteiger partial charge in [-0.05, 0) is 31.2 Å². The van der Waals surface area contributed by atoms with Crippen LogP contribution < -0.4 is 5.56 Å². The summed E-state index contributed by atoms with van der Waals surface area (Å²) in [5.41, 5.74) is 1.74. The number of nitrogens with one attached hydrogen (secondary N) is 1. The Hall–Kier alpha value is -2.51. The Kier molecular flexibility index (Phi) is 5.16. The van der Waals surface area contributed by atoms with Crippen molar-refractivity contribution in [2.24, 2.45) is 5.92 Å². The van der Waals surface area contributed by atoms with Crippen LogP contribution in [0.25, 0.3) is 5.52 Å². The van der Waals surface area contributed by atoms with Gasteiger partial charge in [0.25, 0.3) is 5.56 Å². The summed E-state index contributed by atoms with van der Waals surface area (Å²) in [5.74, 6) is 2.55. The van der Waals surface area contributed by atoms with Gasteiger partial charge in [0.15, 0.2) is 5.52 Å². The monoisotopic (exact) mass is 407 g/mol. The number of hydrogen-bond acceptors (Lipinski definition) is 5. The summed E-state index contributed by atoms with van der Waals surface area (Å²) >= 11 is 0. The van der Waals surface area contributed by atoms with Gasteiger partial charge in [0.05, 0.1) is 6.20 Å². The fourth-order valence-electron chi connectivity index (χ4n) is 4.95. The van der Waals surface area contributed by atoms with Gasteiger partial charge < -0.3 is 9.72 Å². The van der Waals surface area contributed by atoms with Crippen LogP contribution >= 0.6 is 0 Å². The molecule has 2 aliphatic heterocycles. The van der Waals surface area contributed by atoms with Gasteiger partial charge in [0.2, 0.25) is 0 Å². The summed E-state index contributed by atoms with van der Waals surface area (Å²) in [7, 11) is 0. The van der Waals surface area contributed by atoms with Gasteiger partial charge in [-0.25, -0.2) is 9.50 Å².